The molecule has 3 aromatic rings. The van der Waals surface area contributed by atoms with Gasteiger partial charge in [-0.05, 0) is 43.5 Å². The number of rotatable bonds is 5. The molecule has 5 heteroatoms. The normalized spacial score (nSPS) is 14.8. The van der Waals surface area contributed by atoms with Gasteiger partial charge in [-0.1, -0.05) is 48.0 Å². The van der Waals surface area contributed by atoms with Crippen molar-refractivity contribution >= 4 is 17.5 Å². The monoisotopic (exact) mass is 387 g/mol. The summed E-state index contributed by atoms with van der Waals surface area (Å²) in [5.41, 5.74) is 6.25. The topological polar surface area (TPSA) is 44.3 Å². The third kappa shape index (κ3) is 4.74. The lowest BCUT2D eigenvalue weighted by Gasteiger charge is -2.34. The number of nitrogens with zero attached hydrogens (tertiary/aromatic N) is 4. The average molecular weight is 388 g/mol. The minimum atomic E-state index is 0.803. The Morgan fingerprint density at radius 1 is 0.897 bits per heavy atom. The summed E-state index contributed by atoms with van der Waals surface area (Å²) in [6, 6.07) is 17.0. The molecule has 1 aromatic heterocycles. The fraction of sp³-hybridized carbons (Fsp3) is 0.333. The van der Waals surface area contributed by atoms with Crippen LogP contribution in [0.5, 0.6) is 0 Å². The van der Waals surface area contributed by atoms with Gasteiger partial charge in [-0.3, -0.25) is 4.90 Å². The lowest BCUT2D eigenvalue weighted by atomic mass is 10.1. The van der Waals surface area contributed by atoms with Crippen LogP contribution in [-0.4, -0.2) is 41.0 Å². The second-order valence-electron chi connectivity index (χ2n) is 7.89. The quantitative estimate of drug-likeness (QED) is 0.700. The highest BCUT2D eigenvalue weighted by molar-refractivity contribution is 5.65. The van der Waals surface area contributed by atoms with Crippen molar-refractivity contribution in [3.63, 3.8) is 0 Å². The predicted octanol–water partition coefficient (Wildman–Crippen LogP) is 4.47. The zero-order valence-corrected chi connectivity index (χ0v) is 17.5. The first-order valence-electron chi connectivity index (χ1n) is 10.3. The number of hydrogen-bond donors (Lipinski definition) is 1. The van der Waals surface area contributed by atoms with E-state index in [4.69, 9.17) is 4.98 Å². The van der Waals surface area contributed by atoms with Crippen molar-refractivity contribution in [3.8, 4) is 0 Å². The summed E-state index contributed by atoms with van der Waals surface area (Å²) in [5, 5.41) is 3.50. The van der Waals surface area contributed by atoms with Crippen molar-refractivity contribution in [3.05, 3.63) is 77.0 Å². The van der Waals surface area contributed by atoms with Crippen LogP contribution in [0.15, 0.2) is 54.7 Å². The molecule has 0 unspecified atom stereocenters. The van der Waals surface area contributed by atoms with Crippen molar-refractivity contribution in [2.75, 3.05) is 36.4 Å². The van der Waals surface area contributed by atoms with Crippen molar-refractivity contribution < 1.29 is 0 Å². The number of anilines is 3. The number of hydrogen-bond acceptors (Lipinski definition) is 5. The van der Waals surface area contributed by atoms with Gasteiger partial charge in [-0.2, -0.15) is 4.98 Å². The largest absolute Gasteiger partial charge is 0.340 e. The highest BCUT2D eigenvalue weighted by Crippen LogP contribution is 2.25. The van der Waals surface area contributed by atoms with E-state index in [1.165, 1.54) is 22.3 Å². The number of benzene rings is 2. The molecule has 29 heavy (non-hydrogen) atoms. The van der Waals surface area contributed by atoms with Gasteiger partial charge in [-0.25, -0.2) is 4.98 Å². The molecular weight excluding hydrogens is 358 g/mol. The molecule has 0 amide bonds. The van der Waals surface area contributed by atoms with Crippen molar-refractivity contribution in [1.29, 1.82) is 0 Å². The van der Waals surface area contributed by atoms with E-state index in [0.717, 1.165) is 50.2 Å². The molecule has 0 radical (unpaired) electrons. The lowest BCUT2D eigenvalue weighted by Crippen LogP contribution is -2.46. The minimum Gasteiger partial charge on any atom is -0.340 e. The van der Waals surface area contributed by atoms with Crippen LogP contribution in [0.3, 0.4) is 0 Å². The molecule has 2 aromatic carbocycles. The van der Waals surface area contributed by atoms with Crippen LogP contribution in [0, 0.1) is 20.8 Å². The van der Waals surface area contributed by atoms with Crippen LogP contribution in [0.1, 0.15) is 22.3 Å². The molecule has 1 aliphatic rings. The Morgan fingerprint density at radius 2 is 1.59 bits per heavy atom. The summed E-state index contributed by atoms with van der Waals surface area (Å²) in [6.07, 6.45) is 1.85. The van der Waals surface area contributed by atoms with Crippen LogP contribution in [0.2, 0.25) is 0 Å². The van der Waals surface area contributed by atoms with E-state index in [-0.39, 0.29) is 0 Å². The summed E-state index contributed by atoms with van der Waals surface area (Å²) in [6.45, 7) is 11.3. The first kappa shape index (κ1) is 19.4. The molecular formula is C24H29N5. The highest BCUT2D eigenvalue weighted by Gasteiger charge is 2.19. The van der Waals surface area contributed by atoms with Gasteiger partial charge in [0.05, 0.1) is 0 Å². The third-order valence-electron chi connectivity index (χ3n) is 5.48. The molecule has 2 heterocycles. The summed E-state index contributed by atoms with van der Waals surface area (Å²) in [5.74, 6) is 1.65. The molecule has 1 fully saturated rings. The molecule has 0 aliphatic carbocycles. The number of aromatic nitrogens is 2. The predicted molar refractivity (Wildman–Crippen MR) is 120 cm³/mol. The number of piperazine rings is 1. The summed E-state index contributed by atoms with van der Waals surface area (Å²) < 4.78 is 0. The molecule has 150 valence electrons. The highest BCUT2D eigenvalue weighted by atomic mass is 15.3. The van der Waals surface area contributed by atoms with E-state index in [1.807, 2.05) is 12.3 Å². The maximum Gasteiger partial charge on any atom is 0.227 e. The molecule has 1 aliphatic heterocycles. The second-order valence-corrected chi connectivity index (χ2v) is 7.89. The fourth-order valence-electron chi connectivity index (χ4n) is 4.02. The summed E-state index contributed by atoms with van der Waals surface area (Å²) in [7, 11) is 0. The Kier molecular flexibility index (Phi) is 5.76. The van der Waals surface area contributed by atoms with Gasteiger partial charge in [0, 0.05) is 44.6 Å². The Bertz CT molecular complexity index is 939. The van der Waals surface area contributed by atoms with Crippen LogP contribution in [0.4, 0.5) is 17.5 Å². The van der Waals surface area contributed by atoms with E-state index in [0.29, 0.717) is 0 Å². The summed E-state index contributed by atoms with van der Waals surface area (Å²) >= 11 is 0. The first-order chi connectivity index (χ1) is 14.1. The number of nitrogens with one attached hydrogen (secondary N) is 1. The number of aryl methyl sites for hydroxylation is 3. The zero-order chi connectivity index (χ0) is 20.2. The van der Waals surface area contributed by atoms with Gasteiger partial charge in [0.25, 0.3) is 0 Å². The van der Waals surface area contributed by atoms with Crippen LogP contribution in [-0.2, 0) is 6.54 Å². The SMILES string of the molecule is Cc1cc(C)c(Nc2ccnc(N3CCN(Cc4ccccc4)CC3)n2)c(C)c1. The van der Waals surface area contributed by atoms with E-state index in [1.54, 1.807) is 0 Å². The third-order valence-corrected chi connectivity index (χ3v) is 5.48. The Balaban J connectivity index is 1.41. The minimum absolute atomic E-state index is 0.803. The van der Waals surface area contributed by atoms with Gasteiger partial charge in [0.2, 0.25) is 5.95 Å². The molecule has 0 atom stereocenters. The van der Waals surface area contributed by atoms with Gasteiger partial charge in [0.15, 0.2) is 0 Å². The van der Waals surface area contributed by atoms with Gasteiger partial charge in [0.1, 0.15) is 5.82 Å². The van der Waals surface area contributed by atoms with E-state index in [9.17, 15) is 0 Å². The van der Waals surface area contributed by atoms with Crippen LogP contribution in [0.25, 0.3) is 0 Å². The van der Waals surface area contributed by atoms with E-state index >= 15 is 0 Å². The standard InChI is InChI=1S/C24H29N5/c1-18-15-19(2)23(20(3)16-18)26-22-9-10-25-24(27-22)29-13-11-28(12-14-29)17-21-7-5-4-6-8-21/h4-10,15-16H,11-14,17H2,1-3H3,(H,25,26,27). The smallest absolute Gasteiger partial charge is 0.227 e. The second kappa shape index (κ2) is 8.62. The van der Waals surface area contributed by atoms with E-state index < -0.39 is 0 Å². The molecule has 5 nitrogen and oxygen atoms in total. The van der Waals surface area contributed by atoms with Gasteiger partial charge in [-0.15, -0.1) is 0 Å². The van der Waals surface area contributed by atoms with Gasteiger partial charge < -0.3 is 10.2 Å². The Morgan fingerprint density at radius 3 is 2.28 bits per heavy atom. The molecule has 0 saturated carbocycles. The van der Waals surface area contributed by atoms with Crippen molar-refractivity contribution in [2.45, 2.75) is 27.3 Å². The fourth-order valence-corrected chi connectivity index (χ4v) is 4.02. The van der Waals surface area contributed by atoms with Crippen LogP contribution < -0.4 is 10.2 Å². The van der Waals surface area contributed by atoms with Crippen molar-refractivity contribution in [2.24, 2.45) is 0 Å². The summed E-state index contributed by atoms with van der Waals surface area (Å²) in [4.78, 5) is 14.1. The molecule has 0 bridgehead atoms. The van der Waals surface area contributed by atoms with Crippen molar-refractivity contribution in [1.82, 2.24) is 14.9 Å². The first-order valence-corrected chi connectivity index (χ1v) is 10.3. The molecule has 1 saturated heterocycles. The maximum atomic E-state index is 4.79. The van der Waals surface area contributed by atoms with Crippen LogP contribution >= 0.6 is 0 Å². The lowest BCUT2D eigenvalue weighted by molar-refractivity contribution is 0.248. The Hall–Kier alpha value is -2.92. The molecule has 0 spiro atoms. The maximum absolute atomic E-state index is 4.79. The van der Waals surface area contributed by atoms with Gasteiger partial charge >= 0.3 is 0 Å². The molecule has 4 rings (SSSR count). The molecule has 1 N–H and O–H groups in total. The zero-order valence-electron chi connectivity index (χ0n) is 17.5. The Labute approximate surface area is 173 Å². The van der Waals surface area contributed by atoms with E-state index in [2.05, 4.69) is 83.3 Å². The average Bonchev–Trinajstić information content (AvgIpc) is 2.72.